The molecule has 0 aromatic heterocycles. The van der Waals surface area contributed by atoms with Crippen molar-refractivity contribution >= 4 is 11.9 Å². The van der Waals surface area contributed by atoms with Gasteiger partial charge in [-0.05, 0) is 55.0 Å². The molecule has 0 heterocycles. The first kappa shape index (κ1) is 19.1. The summed E-state index contributed by atoms with van der Waals surface area (Å²) in [6, 6.07) is 15.1. The highest BCUT2D eigenvalue weighted by atomic mass is 16.5. The van der Waals surface area contributed by atoms with Gasteiger partial charge in [0.2, 0.25) is 0 Å². The number of fused-ring (bicyclic) bond motifs is 1. The quantitative estimate of drug-likeness (QED) is 0.793. The fourth-order valence-corrected chi connectivity index (χ4v) is 3.38. The molecule has 0 fully saturated rings. The van der Waals surface area contributed by atoms with Crippen molar-refractivity contribution in [2.75, 3.05) is 7.11 Å². The predicted octanol–water partition coefficient (Wildman–Crippen LogP) is 3.57. The molecule has 5 nitrogen and oxygen atoms in total. The van der Waals surface area contributed by atoms with E-state index in [4.69, 9.17) is 9.47 Å². The number of carbonyl (C=O) groups is 2. The van der Waals surface area contributed by atoms with Crippen molar-refractivity contribution in [1.82, 2.24) is 5.32 Å². The van der Waals surface area contributed by atoms with Crippen LogP contribution in [0.2, 0.25) is 0 Å². The zero-order valence-corrected chi connectivity index (χ0v) is 15.7. The van der Waals surface area contributed by atoms with Crippen LogP contribution in [-0.2, 0) is 27.3 Å². The minimum absolute atomic E-state index is 0.0306. The molecule has 1 aliphatic carbocycles. The van der Waals surface area contributed by atoms with E-state index < -0.39 is 12.1 Å². The summed E-state index contributed by atoms with van der Waals surface area (Å²) in [4.78, 5) is 24.8. The summed E-state index contributed by atoms with van der Waals surface area (Å²) in [6.45, 7) is 2.08. The van der Waals surface area contributed by atoms with Crippen LogP contribution < -0.4 is 5.32 Å². The monoisotopic (exact) mass is 367 g/mol. The van der Waals surface area contributed by atoms with Crippen molar-refractivity contribution in [2.24, 2.45) is 0 Å². The van der Waals surface area contributed by atoms with E-state index in [1.807, 2.05) is 24.3 Å². The summed E-state index contributed by atoms with van der Waals surface area (Å²) in [5.74, 6) is -0.785. The minimum atomic E-state index is -0.856. The van der Waals surface area contributed by atoms with Gasteiger partial charge in [0.1, 0.15) is 0 Å². The number of esters is 1. The highest BCUT2D eigenvalue weighted by Gasteiger charge is 2.25. The maximum atomic E-state index is 12.5. The molecule has 1 amide bonds. The number of rotatable bonds is 6. The van der Waals surface area contributed by atoms with E-state index in [0.29, 0.717) is 12.2 Å². The molecule has 0 saturated carbocycles. The molecular formula is C22H25NO4. The standard InChI is InChI=1S/C22H25NO4/c1-15(27-22(25)18-12-10-16(11-13-18)14-26-2)21(24)23-20-9-5-7-17-6-3-4-8-19(17)20/h3-4,6,8,10-13,15,20H,5,7,9,14H2,1-2H3,(H,23,24)/t15-,20-/m0/s1. The molecule has 3 rings (SSSR count). The molecule has 1 N–H and O–H groups in total. The van der Waals surface area contributed by atoms with Crippen LogP contribution in [0.1, 0.15) is 52.9 Å². The Morgan fingerprint density at radius 3 is 2.63 bits per heavy atom. The van der Waals surface area contributed by atoms with Gasteiger partial charge in [0.05, 0.1) is 18.2 Å². The Bertz CT molecular complexity index is 800. The summed E-state index contributed by atoms with van der Waals surface area (Å²) in [5, 5.41) is 3.02. The lowest BCUT2D eigenvalue weighted by atomic mass is 9.87. The van der Waals surface area contributed by atoms with Crippen LogP contribution in [0.15, 0.2) is 48.5 Å². The Labute approximate surface area is 159 Å². The molecule has 0 aliphatic heterocycles. The van der Waals surface area contributed by atoms with Gasteiger partial charge in [0, 0.05) is 7.11 Å². The second-order valence-electron chi connectivity index (χ2n) is 6.83. The molecule has 1 aliphatic rings. The molecule has 0 radical (unpaired) electrons. The molecule has 0 unspecified atom stereocenters. The zero-order valence-electron chi connectivity index (χ0n) is 15.7. The smallest absolute Gasteiger partial charge is 0.338 e. The number of nitrogens with one attached hydrogen (secondary N) is 1. The fraction of sp³-hybridized carbons (Fsp3) is 0.364. The SMILES string of the molecule is COCc1ccc(C(=O)O[C@@H](C)C(=O)N[C@H]2CCCc3ccccc32)cc1. The number of benzene rings is 2. The second-order valence-corrected chi connectivity index (χ2v) is 6.83. The van der Waals surface area contributed by atoms with E-state index in [9.17, 15) is 9.59 Å². The Hall–Kier alpha value is -2.66. The highest BCUT2D eigenvalue weighted by Crippen LogP contribution is 2.29. The molecular weight excluding hydrogens is 342 g/mol. The van der Waals surface area contributed by atoms with Crippen LogP contribution >= 0.6 is 0 Å². The van der Waals surface area contributed by atoms with E-state index in [0.717, 1.165) is 30.4 Å². The third kappa shape index (κ3) is 4.74. The Balaban J connectivity index is 1.58. The molecule has 0 bridgehead atoms. The molecule has 5 heteroatoms. The van der Waals surface area contributed by atoms with Crippen molar-refractivity contribution in [3.8, 4) is 0 Å². The zero-order chi connectivity index (χ0) is 19.2. The lowest BCUT2D eigenvalue weighted by molar-refractivity contribution is -0.130. The third-order valence-electron chi connectivity index (χ3n) is 4.84. The van der Waals surface area contributed by atoms with Gasteiger partial charge in [-0.25, -0.2) is 4.79 Å². The summed E-state index contributed by atoms with van der Waals surface area (Å²) in [6.07, 6.45) is 2.10. The molecule has 2 aromatic rings. The number of hydrogen-bond donors (Lipinski definition) is 1. The Morgan fingerprint density at radius 2 is 1.89 bits per heavy atom. The summed E-state index contributed by atoms with van der Waals surface area (Å²) < 4.78 is 10.4. The van der Waals surface area contributed by atoms with E-state index in [2.05, 4.69) is 17.4 Å². The van der Waals surface area contributed by atoms with Gasteiger partial charge in [-0.3, -0.25) is 4.79 Å². The van der Waals surface area contributed by atoms with Crippen LogP contribution in [0.3, 0.4) is 0 Å². The van der Waals surface area contributed by atoms with Gasteiger partial charge in [-0.2, -0.15) is 0 Å². The first-order valence-corrected chi connectivity index (χ1v) is 9.25. The number of carbonyl (C=O) groups excluding carboxylic acids is 2. The number of amides is 1. The minimum Gasteiger partial charge on any atom is -0.449 e. The average Bonchev–Trinajstić information content (AvgIpc) is 2.69. The molecule has 142 valence electrons. The topological polar surface area (TPSA) is 64.6 Å². The van der Waals surface area contributed by atoms with Crippen molar-refractivity contribution in [2.45, 2.75) is 44.9 Å². The van der Waals surface area contributed by atoms with Crippen LogP contribution in [0.5, 0.6) is 0 Å². The van der Waals surface area contributed by atoms with E-state index in [-0.39, 0.29) is 11.9 Å². The number of ether oxygens (including phenoxy) is 2. The van der Waals surface area contributed by atoms with E-state index >= 15 is 0 Å². The molecule has 0 saturated heterocycles. The van der Waals surface area contributed by atoms with Crippen LogP contribution in [0.25, 0.3) is 0 Å². The van der Waals surface area contributed by atoms with Gasteiger partial charge < -0.3 is 14.8 Å². The molecule has 2 atom stereocenters. The molecule has 2 aromatic carbocycles. The van der Waals surface area contributed by atoms with Crippen LogP contribution in [-0.4, -0.2) is 25.1 Å². The first-order chi connectivity index (χ1) is 13.1. The first-order valence-electron chi connectivity index (χ1n) is 9.25. The van der Waals surface area contributed by atoms with Crippen molar-refractivity contribution in [3.05, 3.63) is 70.8 Å². The average molecular weight is 367 g/mol. The van der Waals surface area contributed by atoms with Gasteiger partial charge in [0.25, 0.3) is 5.91 Å². The second kappa shape index (κ2) is 8.82. The summed E-state index contributed by atoms with van der Waals surface area (Å²) in [5.41, 5.74) is 3.81. The van der Waals surface area contributed by atoms with Crippen LogP contribution in [0, 0.1) is 0 Å². The fourth-order valence-electron chi connectivity index (χ4n) is 3.38. The predicted molar refractivity (Wildman–Crippen MR) is 102 cm³/mol. The van der Waals surface area contributed by atoms with Gasteiger partial charge in [-0.15, -0.1) is 0 Å². The maximum Gasteiger partial charge on any atom is 0.338 e. The van der Waals surface area contributed by atoms with Crippen molar-refractivity contribution in [1.29, 1.82) is 0 Å². The van der Waals surface area contributed by atoms with E-state index in [1.165, 1.54) is 5.56 Å². The van der Waals surface area contributed by atoms with Gasteiger partial charge in [0.15, 0.2) is 6.10 Å². The van der Waals surface area contributed by atoms with Crippen molar-refractivity contribution < 1.29 is 19.1 Å². The number of hydrogen-bond acceptors (Lipinski definition) is 4. The van der Waals surface area contributed by atoms with Gasteiger partial charge >= 0.3 is 5.97 Å². The lowest BCUT2D eigenvalue weighted by Gasteiger charge is -2.27. The lowest BCUT2D eigenvalue weighted by Crippen LogP contribution is -2.39. The molecule has 27 heavy (non-hydrogen) atoms. The largest absolute Gasteiger partial charge is 0.449 e. The van der Waals surface area contributed by atoms with E-state index in [1.54, 1.807) is 26.2 Å². The Morgan fingerprint density at radius 1 is 1.15 bits per heavy atom. The summed E-state index contributed by atoms with van der Waals surface area (Å²) >= 11 is 0. The van der Waals surface area contributed by atoms with Crippen LogP contribution in [0.4, 0.5) is 0 Å². The molecule has 0 spiro atoms. The van der Waals surface area contributed by atoms with Gasteiger partial charge in [-0.1, -0.05) is 36.4 Å². The number of aryl methyl sites for hydroxylation is 1. The third-order valence-corrected chi connectivity index (χ3v) is 4.84. The Kier molecular flexibility index (Phi) is 6.24. The summed E-state index contributed by atoms with van der Waals surface area (Å²) in [7, 11) is 1.62. The normalized spacial score (nSPS) is 16.9. The van der Waals surface area contributed by atoms with Crippen molar-refractivity contribution in [3.63, 3.8) is 0 Å². The highest BCUT2D eigenvalue weighted by molar-refractivity contribution is 5.92. The maximum absolute atomic E-state index is 12.5. The number of methoxy groups -OCH3 is 1.